The Balaban J connectivity index is 2.45. The molecule has 0 radical (unpaired) electrons. The molecule has 1 aliphatic carbocycles. The van der Waals surface area contributed by atoms with Crippen LogP contribution in [0.4, 0.5) is 0 Å². The minimum absolute atomic E-state index is 0.0616. The third-order valence-electron chi connectivity index (χ3n) is 4.67. The smallest absolute Gasteiger partial charge is 0.339 e. The standard InChI is InChI=1S/C22H19NO5/c1-12-10-13(8-9-23)17(16(11-12)27-3)19-20(22(25)28-4)18-14(21(19)24)6-5-7-15(18)26-2/h5-7,10-11H,8H2,1-4H3. The van der Waals surface area contributed by atoms with E-state index in [-0.39, 0.29) is 23.4 Å². The molecule has 142 valence electrons. The molecular weight excluding hydrogens is 358 g/mol. The quantitative estimate of drug-likeness (QED) is 0.743. The van der Waals surface area contributed by atoms with E-state index < -0.39 is 5.97 Å². The second kappa shape index (κ2) is 7.57. The van der Waals surface area contributed by atoms with Gasteiger partial charge in [0, 0.05) is 22.3 Å². The first-order chi connectivity index (χ1) is 13.5. The van der Waals surface area contributed by atoms with Gasteiger partial charge in [-0.3, -0.25) is 4.79 Å². The topological polar surface area (TPSA) is 85.6 Å². The van der Waals surface area contributed by atoms with Crippen LogP contribution in [0.3, 0.4) is 0 Å². The maximum absolute atomic E-state index is 13.3. The molecule has 0 heterocycles. The fourth-order valence-electron chi connectivity index (χ4n) is 3.56. The van der Waals surface area contributed by atoms with Crippen LogP contribution in [0.1, 0.15) is 32.6 Å². The summed E-state index contributed by atoms with van der Waals surface area (Å²) in [6.45, 7) is 1.87. The van der Waals surface area contributed by atoms with Crippen LogP contribution in [0.5, 0.6) is 11.5 Å². The van der Waals surface area contributed by atoms with Gasteiger partial charge in [0.05, 0.1) is 39.4 Å². The van der Waals surface area contributed by atoms with Gasteiger partial charge in [-0.15, -0.1) is 0 Å². The number of methoxy groups -OCH3 is 3. The highest BCUT2D eigenvalue weighted by molar-refractivity contribution is 6.49. The predicted molar refractivity (Wildman–Crippen MR) is 103 cm³/mol. The minimum Gasteiger partial charge on any atom is -0.496 e. The van der Waals surface area contributed by atoms with Crippen molar-refractivity contribution in [2.75, 3.05) is 21.3 Å². The van der Waals surface area contributed by atoms with Crippen LogP contribution in [0.25, 0.3) is 11.1 Å². The molecule has 0 aliphatic heterocycles. The van der Waals surface area contributed by atoms with Gasteiger partial charge in [0.1, 0.15) is 11.5 Å². The number of rotatable bonds is 5. The summed E-state index contributed by atoms with van der Waals surface area (Å²) >= 11 is 0. The van der Waals surface area contributed by atoms with E-state index in [1.807, 2.05) is 13.0 Å². The number of carbonyl (C=O) groups is 2. The average molecular weight is 377 g/mol. The van der Waals surface area contributed by atoms with E-state index in [1.165, 1.54) is 21.3 Å². The zero-order valence-corrected chi connectivity index (χ0v) is 16.1. The van der Waals surface area contributed by atoms with Gasteiger partial charge in [-0.05, 0) is 30.2 Å². The van der Waals surface area contributed by atoms with E-state index in [2.05, 4.69) is 6.07 Å². The van der Waals surface area contributed by atoms with Gasteiger partial charge in [0.15, 0.2) is 5.78 Å². The van der Waals surface area contributed by atoms with Crippen LogP contribution >= 0.6 is 0 Å². The summed E-state index contributed by atoms with van der Waals surface area (Å²) in [6.07, 6.45) is 0.0616. The van der Waals surface area contributed by atoms with Crippen LogP contribution in [0.2, 0.25) is 0 Å². The lowest BCUT2D eigenvalue weighted by Crippen LogP contribution is -2.08. The van der Waals surface area contributed by atoms with Gasteiger partial charge >= 0.3 is 5.97 Å². The second-order valence-electron chi connectivity index (χ2n) is 6.29. The summed E-state index contributed by atoms with van der Waals surface area (Å²) in [5, 5.41) is 9.28. The van der Waals surface area contributed by atoms with Gasteiger partial charge in [0.2, 0.25) is 0 Å². The lowest BCUT2D eigenvalue weighted by atomic mass is 9.91. The second-order valence-corrected chi connectivity index (χ2v) is 6.29. The monoisotopic (exact) mass is 377 g/mol. The van der Waals surface area contributed by atoms with E-state index in [9.17, 15) is 14.9 Å². The van der Waals surface area contributed by atoms with Crippen molar-refractivity contribution in [1.29, 1.82) is 5.26 Å². The Morgan fingerprint density at radius 3 is 2.39 bits per heavy atom. The van der Waals surface area contributed by atoms with Crippen molar-refractivity contribution in [2.24, 2.45) is 0 Å². The van der Waals surface area contributed by atoms with Crippen LogP contribution in [0.15, 0.2) is 30.3 Å². The predicted octanol–water partition coefficient (Wildman–Crippen LogP) is 3.36. The number of carbonyl (C=O) groups excluding carboxylic acids is 2. The molecule has 0 unspecified atom stereocenters. The summed E-state index contributed by atoms with van der Waals surface area (Å²) < 4.78 is 15.9. The Hall–Kier alpha value is -3.59. The highest BCUT2D eigenvalue weighted by Gasteiger charge is 2.39. The summed E-state index contributed by atoms with van der Waals surface area (Å²) in [5.74, 6) is -0.177. The number of nitrogens with zero attached hydrogens (tertiary/aromatic N) is 1. The normalized spacial score (nSPS) is 12.5. The summed E-state index contributed by atoms with van der Waals surface area (Å²) in [4.78, 5) is 26.1. The molecule has 0 spiro atoms. The first kappa shape index (κ1) is 19.2. The maximum Gasteiger partial charge on any atom is 0.339 e. The average Bonchev–Trinajstić information content (AvgIpc) is 2.99. The van der Waals surface area contributed by atoms with Gasteiger partial charge in [0.25, 0.3) is 0 Å². The van der Waals surface area contributed by atoms with Crippen LogP contribution in [0, 0.1) is 18.3 Å². The highest BCUT2D eigenvalue weighted by atomic mass is 16.5. The van der Waals surface area contributed by atoms with E-state index in [1.54, 1.807) is 24.3 Å². The number of esters is 1. The molecule has 0 aromatic heterocycles. The zero-order chi connectivity index (χ0) is 20.4. The molecule has 0 atom stereocenters. The van der Waals surface area contributed by atoms with Gasteiger partial charge < -0.3 is 14.2 Å². The molecule has 0 fully saturated rings. The van der Waals surface area contributed by atoms with Crippen LogP contribution in [-0.2, 0) is 16.0 Å². The maximum atomic E-state index is 13.3. The third-order valence-corrected chi connectivity index (χ3v) is 4.67. The molecule has 0 saturated carbocycles. The number of aryl methyl sites for hydroxylation is 1. The highest BCUT2D eigenvalue weighted by Crippen LogP contribution is 2.46. The number of hydrogen-bond donors (Lipinski definition) is 0. The van der Waals surface area contributed by atoms with Crippen LogP contribution < -0.4 is 9.47 Å². The molecule has 0 bridgehead atoms. The summed E-state index contributed by atoms with van der Waals surface area (Å²) in [6, 6.07) is 10.7. The summed E-state index contributed by atoms with van der Waals surface area (Å²) in [5.41, 5.74) is 2.93. The van der Waals surface area contributed by atoms with E-state index in [0.29, 0.717) is 33.8 Å². The molecule has 1 aliphatic rings. The number of ether oxygens (including phenoxy) is 3. The van der Waals surface area contributed by atoms with Crippen LogP contribution in [-0.4, -0.2) is 33.1 Å². The molecule has 0 amide bonds. The number of Topliss-reactive ketones (excluding diaryl/α,β-unsaturated/α-hetero) is 1. The minimum atomic E-state index is -0.655. The van der Waals surface area contributed by atoms with Crippen molar-refractivity contribution in [3.05, 3.63) is 58.1 Å². The molecule has 0 N–H and O–H groups in total. The van der Waals surface area contributed by atoms with Crippen molar-refractivity contribution in [2.45, 2.75) is 13.3 Å². The number of hydrogen-bond acceptors (Lipinski definition) is 6. The van der Waals surface area contributed by atoms with Gasteiger partial charge in [-0.2, -0.15) is 5.26 Å². The number of nitriles is 1. The van der Waals surface area contributed by atoms with E-state index >= 15 is 0 Å². The molecular formula is C22H19NO5. The molecule has 28 heavy (non-hydrogen) atoms. The Bertz CT molecular complexity index is 1060. The molecule has 6 heteroatoms. The Morgan fingerprint density at radius 2 is 1.79 bits per heavy atom. The Morgan fingerprint density at radius 1 is 1.07 bits per heavy atom. The van der Waals surface area contributed by atoms with Gasteiger partial charge in [-0.1, -0.05) is 18.2 Å². The first-order valence-electron chi connectivity index (χ1n) is 8.57. The van der Waals surface area contributed by atoms with Crippen molar-refractivity contribution >= 4 is 22.9 Å². The lowest BCUT2D eigenvalue weighted by Gasteiger charge is -2.16. The molecule has 0 saturated heterocycles. The molecule has 3 rings (SSSR count). The molecule has 6 nitrogen and oxygen atoms in total. The first-order valence-corrected chi connectivity index (χ1v) is 8.57. The molecule has 2 aromatic rings. The van der Waals surface area contributed by atoms with E-state index in [0.717, 1.165) is 5.56 Å². The summed E-state index contributed by atoms with van der Waals surface area (Å²) in [7, 11) is 4.22. The SMILES string of the molecule is COC(=O)C1=C(c2c(CC#N)cc(C)cc2OC)C(=O)c2cccc(OC)c21. The van der Waals surface area contributed by atoms with Crippen molar-refractivity contribution in [3.8, 4) is 17.6 Å². The van der Waals surface area contributed by atoms with E-state index in [4.69, 9.17) is 14.2 Å². The van der Waals surface area contributed by atoms with Gasteiger partial charge in [-0.25, -0.2) is 4.79 Å². The molecule has 2 aromatic carbocycles. The van der Waals surface area contributed by atoms with Crippen molar-refractivity contribution in [1.82, 2.24) is 0 Å². The van der Waals surface area contributed by atoms with Crippen molar-refractivity contribution in [3.63, 3.8) is 0 Å². The van der Waals surface area contributed by atoms with Crippen molar-refractivity contribution < 1.29 is 23.8 Å². The number of fused-ring (bicyclic) bond motifs is 1. The lowest BCUT2D eigenvalue weighted by molar-refractivity contribution is -0.133. The third kappa shape index (κ3) is 2.91. The fraction of sp³-hybridized carbons (Fsp3) is 0.227. The zero-order valence-electron chi connectivity index (χ0n) is 16.1. The Kier molecular flexibility index (Phi) is 5.18. The number of benzene rings is 2. The fourth-order valence-corrected chi connectivity index (χ4v) is 3.56. The number of ketones is 1. The Labute approximate surface area is 162 Å². The number of allylic oxidation sites excluding steroid dienone is 1. The largest absolute Gasteiger partial charge is 0.496 e.